The van der Waals surface area contributed by atoms with Crippen LogP contribution in [-0.4, -0.2) is 40.0 Å². The van der Waals surface area contributed by atoms with Gasteiger partial charge in [0.25, 0.3) is 0 Å². The largest absolute Gasteiger partial charge is 0.476 e. The van der Waals surface area contributed by atoms with Crippen molar-refractivity contribution in [3.05, 3.63) is 10.6 Å². The van der Waals surface area contributed by atoms with Crippen molar-refractivity contribution in [2.75, 3.05) is 12.4 Å². The van der Waals surface area contributed by atoms with Crippen LogP contribution in [0.1, 0.15) is 60.8 Å². The van der Waals surface area contributed by atoms with Crippen LogP contribution >= 0.6 is 11.3 Å². The Bertz CT molecular complexity index is 538. The van der Waals surface area contributed by atoms with Crippen LogP contribution in [0.4, 0.5) is 5.13 Å². The number of hydrogen-bond donors (Lipinski definition) is 2. The number of hydrogen-bond acceptors (Lipinski definition) is 5. The van der Waals surface area contributed by atoms with Gasteiger partial charge in [0.15, 0.2) is 10.8 Å². The lowest BCUT2D eigenvalue weighted by atomic mass is 9.94. The predicted molar refractivity (Wildman–Crippen MR) is 86.3 cm³/mol. The molecule has 2 rings (SSSR count). The molecule has 0 radical (unpaired) electrons. The van der Waals surface area contributed by atoms with E-state index in [0.717, 1.165) is 12.8 Å². The number of nitrogens with zero attached hydrogens (tertiary/aromatic N) is 2. The van der Waals surface area contributed by atoms with E-state index in [1.54, 1.807) is 6.92 Å². The van der Waals surface area contributed by atoms with Crippen molar-refractivity contribution in [2.45, 2.75) is 58.0 Å². The van der Waals surface area contributed by atoms with E-state index in [2.05, 4.69) is 15.2 Å². The van der Waals surface area contributed by atoms with Crippen molar-refractivity contribution in [3.8, 4) is 0 Å². The van der Waals surface area contributed by atoms with Crippen molar-refractivity contribution in [1.82, 2.24) is 9.88 Å². The average molecular weight is 325 g/mol. The minimum absolute atomic E-state index is 0.0547. The van der Waals surface area contributed by atoms with Crippen LogP contribution in [0.25, 0.3) is 0 Å². The SMILES string of the molecule is CCC(=O)Nc1nc(C(=O)O)c(CN(C)C2CCCCC2)s1. The molecule has 1 aliphatic rings. The van der Waals surface area contributed by atoms with Gasteiger partial charge in [0, 0.05) is 19.0 Å². The van der Waals surface area contributed by atoms with Crippen molar-refractivity contribution in [1.29, 1.82) is 0 Å². The molecule has 0 atom stereocenters. The number of carbonyl (C=O) groups is 2. The van der Waals surface area contributed by atoms with E-state index in [0.29, 0.717) is 29.0 Å². The molecule has 0 bridgehead atoms. The number of rotatable bonds is 6. The maximum Gasteiger partial charge on any atom is 0.355 e. The highest BCUT2D eigenvalue weighted by Crippen LogP contribution is 2.28. The van der Waals surface area contributed by atoms with E-state index in [9.17, 15) is 14.7 Å². The van der Waals surface area contributed by atoms with E-state index >= 15 is 0 Å². The minimum Gasteiger partial charge on any atom is -0.476 e. The molecule has 2 N–H and O–H groups in total. The van der Waals surface area contributed by atoms with Gasteiger partial charge < -0.3 is 10.4 Å². The van der Waals surface area contributed by atoms with Crippen molar-refractivity contribution < 1.29 is 14.7 Å². The van der Waals surface area contributed by atoms with Gasteiger partial charge in [0.05, 0.1) is 4.88 Å². The molecule has 22 heavy (non-hydrogen) atoms. The van der Waals surface area contributed by atoms with Crippen LogP contribution in [-0.2, 0) is 11.3 Å². The van der Waals surface area contributed by atoms with E-state index in [-0.39, 0.29) is 11.6 Å². The molecule has 0 unspecified atom stereocenters. The number of aromatic carboxylic acids is 1. The standard InChI is InChI=1S/C15H23N3O3S/c1-3-12(19)16-15-17-13(14(20)21)11(22-15)9-18(2)10-7-5-4-6-8-10/h10H,3-9H2,1-2H3,(H,20,21)(H,16,17,19). The summed E-state index contributed by atoms with van der Waals surface area (Å²) in [5, 5.41) is 12.3. The molecule has 1 amide bonds. The maximum absolute atomic E-state index is 11.4. The number of aromatic nitrogens is 1. The summed E-state index contributed by atoms with van der Waals surface area (Å²) in [6.45, 7) is 2.31. The molecule has 0 spiro atoms. The summed E-state index contributed by atoms with van der Waals surface area (Å²) in [6, 6.07) is 0.506. The Morgan fingerprint density at radius 3 is 2.64 bits per heavy atom. The van der Waals surface area contributed by atoms with Crippen LogP contribution in [0.15, 0.2) is 0 Å². The number of anilines is 1. The summed E-state index contributed by atoms with van der Waals surface area (Å²) in [4.78, 5) is 29.8. The Morgan fingerprint density at radius 2 is 2.05 bits per heavy atom. The zero-order valence-corrected chi connectivity index (χ0v) is 13.9. The fourth-order valence-corrected chi connectivity index (χ4v) is 3.80. The van der Waals surface area contributed by atoms with Crippen LogP contribution in [0.2, 0.25) is 0 Å². The van der Waals surface area contributed by atoms with Gasteiger partial charge >= 0.3 is 5.97 Å². The molecule has 1 heterocycles. The number of carbonyl (C=O) groups excluding carboxylic acids is 1. The van der Waals surface area contributed by atoms with Gasteiger partial charge in [-0.2, -0.15) is 0 Å². The van der Waals surface area contributed by atoms with Gasteiger partial charge in [-0.3, -0.25) is 9.69 Å². The quantitative estimate of drug-likeness (QED) is 0.840. The van der Waals surface area contributed by atoms with Crippen molar-refractivity contribution in [3.63, 3.8) is 0 Å². The number of carboxylic acid groups (broad SMARTS) is 1. The third-order valence-electron chi connectivity index (χ3n) is 4.06. The Hall–Kier alpha value is -1.47. The second-order valence-electron chi connectivity index (χ2n) is 5.70. The minimum atomic E-state index is -1.04. The summed E-state index contributed by atoms with van der Waals surface area (Å²) in [5.41, 5.74) is 0.0547. The maximum atomic E-state index is 11.4. The van der Waals surface area contributed by atoms with Crippen LogP contribution in [0, 0.1) is 0 Å². The molecule has 1 aliphatic carbocycles. The first-order chi connectivity index (χ1) is 10.5. The van der Waals surface area contributed by atoms with Crippen molar-refractivity contribution in [2.24, 2.45) is 0 Å². The first-order valence-electron chi connectivity index (χ1n) is 7.74. The highest BCUT2D eigenvalue weighted by Gasteiger charge is 2.23. The van der Waals surface area contributed by atoms with E-state index in [1.165, 1.54) is 30.6 Å². The summed E-state index contributed by atoms with van der Waals surface area (Å²) >= 11 is 1.26. The normalized spacial score (nSPS) is 16.0. The summed E-state index contributed by atoms with van der Waals surface area (Å²) in [5.74, 6) is -1.20. The van der Waals surface area contributed by atoms with E-state index in [4.69, 9.17) is 0 Å². The van der Waals surface area contributed by atoms with Crippen molar-refractivity contribution >= 4 is 28.3 Å². The molecular weight excluding hydrogens is 302 g/mol. The lowest BCUT2D eigenvalue weighted by Crippen LogP contribution is -2.33. The third kappa shape index (κ3) is 4.27. The number of carboxylic acids is 1. The Labute approximate surface area is 134 Å². The van der Waals surface area contributed by atoms with Gasteiger partial charge in [0.2, 0.25) is 5.91 Å². The van der Waals surface area contributed by atoms with Gasteiger partial charge in [-0.15, -0.1) is 0 Å². The van der Waals surface area contributed by atoms with Gasteiger partial charge in [-0.05, 0) is 19.9 Å². The summed E-state index contributed by atoms with van der Waals surface area (Å²) in [7, 11) is 2.03. The molecule has 7 heteroatoms. The lowest BCUT2D eigenvalue weighted by Gasteiger charge is -2.30. The molecule has 1 saturated carbocycles. The second kappa shape index (κ2) is 7.69. The molecule has 122 valence electrons. The average Bonchev–Trinajstić information content (AvgIpc) is 2.90. The number of amides is 1. The van der Waals surface area contributed by atoms with Gasteiger partial charge in [-0.1, -0.05) is 37.5 Å². The molecule has 0 aliphatic heterocycles. The molecule has 6 nitrogen and oxygen atoms in total. The summed E-state index contributed by atoms with van der Waals surface area (Å²) in [6.07, 6.45) is 6.44. The molecule has 1 aromatic rings. The smallest absolute Gasteiger partial charge is 0.355 e. The topological polar surface area (TPSA) is 82.5 Å². The molecule has 1 aromatic heterocycles. The van der Waals surface area contributed by atoms with Gasteiger partial charge in [0.1, 0.15) is 0 Å². The van der Waals surface area contributed by atoms with Crippen LogP contribution in [0.5, 0.6) is 0 Å². The molecular formula is C15H23N3O3S. The van der Waals surface area contributed by atoms with E-state index < -0.39 is 5.97 Å². The highest BCUT2D eigenvalue weighted by atomic mass is 32.1. The molecule has 0 aromatic carbocycles. The molecule has 1 fully saturated rings. The monoisotopic (exact) mass is 325 g/mol. The Balaban J connectivity index is 2.10. The zero-order chi connectivity index (χ0) is 16.1. The third-order valence-corrected chi connectivity index (χ3v) is 5.01. The highest BCUT2D eigenvalue weighted by molar-refractivity contribution is 7.16. The predicted octanol–water partition coefficient (Wildman–Crippen LogP) is 2.95. The number of nitrogens with one attached hydrogen (secondary N) is 1. The first kappa shape index (κ1) is 16.9. The zero-order valence-electron chi connectivity index (χ0n) is 13.1. The fraction of sp³-hybridized carbons (Fsp3) is 0.667. The Morgan fingerprint density at radius 1 is 1.36 bits per heavy atom. The van der Waals surface area contributed by atoms with Crippen LogP contribution in [0.3, 0.4) is 0 Å². The lowest BCUT2D eigenvalue weighted by molar-refractivity contribution is -0.115. The molecule has 0 saturated heterocycles. The van der Waals surface area contributed by atoms with Crippen LogP contribution < -0.4 is 5.32 Å². The fourth-order valence-electron chi connectivity index (χ4n) is 2.76. The first-order valence-corrected chi connectivity index (χ1v) is 8.56. The second-order valence-corrected chi connectivity index (χ2v) is 6.79. The summed E-state index contributed by atoms with van der Waals surface area (Å²) < 4.78 is 0. The Kier molecular flexibility index (Phi) is 5.90. The van der Waals surface area contributed by atoms with Gasteiger partial charge in [-0.25, -0.2) is 9.78 Å². The number of thiazole rings is 1. The van der Waals surface area contributed by atoms with E-state index in [1.807, 2.05) is 7.05 Å².